The third-order valence-corrected chi connectivity index (χ3v) is 3.62. The van der Waals surface area contributed by atoms with Crippen molar-refractivity contribution < 1.29 is 14.3 Å². The first kappa shape index (κ1) is 18.4. The number of amides is 2. The van der Waals surface area contributed by atoms with E-state index in [1.807, 2.05) is 19.1 Å². The van der Waals surface area contributed by atoms with Crippen LogP contribution < -0.4 is 21.1 Å². The highest BCUT2D eigenvalue weighted by Crippen LogP contribution is 2.31. The number of benzene rings is 1. The summed E-state index contributed by atoms with van der Waals surface area (Å²) >= 11 is 0. The first-order valence-corrected chi connectivity index (χ1v) is 7.92. The summed E-state index contributed by atoms with van der Waals surface area (Å²) in [6.45, 7) is 3.93. The molecule has 0 aliphatic carbocycles. The lowest BCUT2D eigenvalue weighted by Gasteiger charge is -2.15. The Bertz CT molecular complexity index is 777. The van der Waals surface area contributed by atoms with Crippen LogP contribution in [0.4, 0.5) is 5.69 Å². The van der Waals surface area contributed by atoms with Crippen molar-refractivity contribution in [2.75, 3.05) is 18.9 Å². The fourth-order valence-corrected chi connectivity index (χ4v) is 2.03. The van der Waals surface area contributed by atoms with Crippen molar-refractivity contribution in [3.05, 3.63) is 47.8 Å². The van der Waals surface area contributed by atoms with E-state index in [1.54, 1.807) is 19.1 Å². The van der Waals surface area contributed by atoms with E-state index in [-0.39, 0.29) is 30.0 Å². The third-order valence-electron chi connectivity index (χ3n) is 3.62. The summed E-state index contributed by atoms with van der Waals surface area (Å²) in [6.07, 6.45) is 1.49. The Kier molecular flexibility index (Phi) is 6.08. The number of carbonyl (C=O) groups is 2. The van der Waals surface area contributed by atoms with Gasteiger partial charge in [0, 0.05) is 31.8 Å². The Morgan fingerprint density at radius 3 is 2.72 bits per heavy atom. The second kappa shape index (κ2) is 8.25. The lowest BCUT2D eigenvalue weighted by molar-refractivity contribution is -0.119. The van der Waals surface area contributed by atoms with Crippen LogP contribution in [0.5, 0.6) is 11.5 Å². The van der Waals surface area contributed by atoms with Crippen LogP contribution in [0.15, 0.2) is 36.5 Å². The largest absolute Gasteiger partial charge is 0.455 e. The number of carbonyl (C=O) groups excluding carboxylic acids is 2. The molecule has 0 radical (unpaired) electrons. The maximum absolute atomic E-state index is 12.1. The van der Waals surface area contributed by atoms with Crippen molar-refractivity contribution in [3.63, 3.8) is 0 Å². The number of hydrogen-bond acceptors (Lipinski definition) is 5. The standard InChI is InChI=1S/C18H22N4O3/c1-11-4-5-14(22-17(23)12(2)10-19)16(8-11)25-13-6-7-21-15(9-13)18(24)20-3/h4-9,12H,10,19H2,1-3H3,(H,20,24)(H,22,23). The summed E-state index contributed by atoms with van der Waals surface area (Å²) in [6, 6.07) is 8.63. The Balaban J connectivity index is 2.28. The molecule has 25 heavy (non-hydrogen) atoms. The van der Waals surface area contributed by atoms with Gasteiger partial charge in [-0.05, 0) is 30.7 Å². The summed E-state index contributed by atoms with van der Waals surface area (Å²) in [7, 11) is 1.53. The number of nitrogens with zero attached hydrogens (tertiary/aromatic N) is 1. The highest BCUT2D eigenvalue weighted by atomic mass is 16.5. The minimum absolute atomic E-state index is 0.183. The Hall–Kier alpha value is -2.93. The smallest absolute Gasteiger partial charge is 0.269 e. The molecule has 0 saturated carbocycles. The molecule has 1 aromatic carbocycles. The van der Waals surface area contributed by atoms with Gasteiger partial charge in [-0.3, -0.25) is 14.6 Å². The molecule has 132 valence electrons. The van der Waals surface area contributed by atoms with E-state index in [2.05, 4.69) is 15.6 Å². The summed E-state index contributed by atoms with van der Waals surface area (Å²) in [5.41, 5.74) is 7.29. The molecule has 1 aromatic heterocycles. The molecule has 2 rings (SSSR count). The van der Waals surface area contributed by atoms with Gasteiger partial charge in [0.25, 0.3) is 5.91 Å². The molecular formula is C18H22N4O3. The summed E-state index contributed by atoms with van der Waals surface area (Å²) in [5.74, 6) is 0.125. The molecule has 0 bridgehead atoms. The van der Waals surface area contributed by atoms with Crippen molar-refractivity contribution >= 4 is 17.5 Å². The zero-order valence-corrected chi connectivity index (χ0v) is 14.5. The van der Waals surface area contributed by atoms with Crippen LogP contribution in [0.3, 0.4) is 0 Å². The van der Waals surface area contributed by atoms with Crippen LogP contribution >= 0.6 is 0 Å². The maximum Gasteiger partial charge on any atom is 0.269 e. The van der Waals surface area contributed by atoms with Crippen molar-refractivity contribution in [3.8, 4) is 11.5 Å². The number of pyridine rings is 1. The average molecular weight is 342 g/mol. The second-order valence-electron chi connectivity index (χ2n) is 5.68. The summed E-state index contributed by atoms with van der Waals surface area (Å²) in [5, 5.41) is 5.33. The van der Waals surface area contributed by atoms with Crippen molar-refractivity contribution in [2.24, 2.45) is 11.7 Å². The number of hydrogen-bond donors (Lipinski definition) is 3. The topological polar surface area (TPSA) is 106 Å². The highest BCUT2D eigenvalue weighted by molar-refractivity contribution is 5.94. The van der Waals surface area contributed by atoms with Crippen molar-refractivity contribution in [2.45, 2.75) is 13.8 Å². The zero-order chi connectivity index (χ0) is 18.4. The molecule has 4 N–H and O–H groups in total. The van der Waals surface area contributed by atoms with Gasteiger partial charge < -0.3 is 21.1 Å². The van der Waals surface area contributed by atoms with Gasteiger partial charge in [-0.25, -0.2) is 0 Å². The Morgan fingerprint density at radius 2 is 2.04 bits per heavy atom. The molecule has 1 atom stereocenters. The molecule has 2 amide bonds. The van der Waals surface area contributed by atoms with E-state index < -0.39 is 0 Å². The predicted molar refractivity (Wildman–Crippen MR) is 95.7 cm³/mol. The van der Waals surface area contributed by atoms with E-state index in [1.165, 1.54) is 19.3 Å². The molecule has 7 nitrogen and oxygen atoms in total. The lowest BCUT2D eigenvalue weighted by atomic mass is 10.1. The molecule has 0 aliphatic rings. The molecule has 0 spiro atoms. The van der Waals surface area contributed by atoms with Gasteiger partial charge in [0.1, 0.15) is 11.4 Å². The van der Waals surface area contributed by atoms with E-state index in [4.69, 9.17) is 10.5 Å². The van der Waals surface area contributed by atoms with Crippen molar-refractivity contribution in [1.82, 2.24) is 10.3 Å². The normalized spacial score (nSPS) is 11.5. The molecule has 0 aliphatic heterocycles. The van der Waals surface area contributed by atoms with Gasteiger partial charge in [0.05, 0.1) is 5.69 Å². The van der Waals surface area contributed by atoms with Gasteiger partial charge >= 0.3 is 0 Å². The van der Waals surface area contributed by atoms with Gasteiger partial charge in [-0.15, -0.1) is 0 Å². The summed E-state index contributed by atoms with van der Waals surface area (Å²) in [4.78, 5) is 27.8. The number of aromatic nitrogens is 1. The van der Waals surface area contributed by atoms with Crippen LogP contribution in [0.1, 0.15) is 23.0 Å². The molecule has 0 saturated heterocycles. The average Bonchev–Trinajstić information content (AvgIpc) is 2.62. The van der Waals surface area contributed by atoms with Crippen LogP contribution in [0.25, 0.3) is 0 Å². The van der Waals surface area contributed by atoms with E-state index in [9.17, 15) is 9.59 Å². The monoisotopic (exact) mass is 342 g/mol. The number of rotatable bonds is 6. The van der Waals surface area contributed by atoms with Crippen LogP contribution in [0.2, 0.25) is 0 Å². The summed E-state index contributed by atoms with van der Waals surface area (Å²) < 4.78 is 5.87. The SMILES string of the molecule is CNC(=O)c1cc(Oc2cc(C)ccc2NC(=O)C(C)CN)ccn1. The van der Waals surface area contributed by atoms with Crippen LogP contribution in [-0.2, 0) is 4.79 Å². The molecule has 2 aromatic rings. The fourth-order valence-electron chi connectivity index (χ4n) is 2.03. The van der Waals surface area contributed by atoms with Crippen molar-refractivity contribution in [1.29, 1.82) is 0 Å². The van der Waals surface area contributed by atoms with E-state index >= 15 is 0 Å². The maximum atomic E-state index is 12.1. The number of nitrogens with one attached hydrogen (secondary N) is 2. The van der Waals surface area contributed by atoms with Gasteiger partial charge in [0.2, 0.25) is 5.91 Å². The number of ether oxygens (including phenoxy) is 1. The van der Waals surface area contributed by atoms with Gasteiger partial charge in [-0.2, -0.15) is 0 Å². The first-order valence-electron chi connectivity index (χ1n) is 7.92. The van der Waals surface area contributed by atoms with Gasteiger partial charge in [0.15, 0.2) is 5.75 Å². The molecule has 0 fully saturated rings. The number of anilines is 1. The highest BCUT2D eigenvalue weighted by Gasteiger charge is 2.15. The molecule has 7 heteroatoms. The third kappa shape index (κ3) is 4.77. The molecule has 1 heterocycles. The molecular weight excluding hydrogens is 320 g/mol. The zero-order valence-electron chi connectivity index (χ0n) is 14.5. The molecule has 1 unspecified atom stereocenters. The minimum atomic E-state index is -0.310. The first-order chi connectivity index (χ1) is 11.9. The van der Waals surface area contributed by atoms with Crippen LogP contribution in [0, 0.1) is 12.8 Å². The number of nitrogens with two attached hydrogens (primary N) is 1. The van der Waals surface area contributed by atoms with E-state index in [0.717, 1.165) is 5.56 Å². The minimum Gasteiger partial charge on any atom is -0.455 e. The van der Waals surface area contributed by atoms with Gasteiger partial charge in [-0.1, -0.05) is 13.0 Å². The predicted octanol–water partition coefficient (Wildman–Crippen LogP) is 2.08. The van der Waals surface area contributed by atoms with Crippen LogP contribution in [-0.4, -0.2) is 30.4 Å². The quantitative estimate of drug-likeness (QED) is 0.745. The second-order valence-corrected chi connectivity index (χ2v) is 5.68. The fraction of sp³-hybridized carbons (Fsp3) is 0.278. The number of aryl methyl sites for hydroxylation is 1. The van der Waals surface area contributed by atoms with E-state index in [0.29, 0.717) is 17.2 Å². The Morgan fingerprint density at radius 1 is 1.28 bits per heavy atom. The lowest BCUT2D eigenvalue weighted by Crippen LogP contribution is -2.26. The Labute approximate surface area is 146 Å².